The summed E-state index contributed by atoms with van der Waals surface area (Å²) in [5, 5.41) is 10.7. The highest BCUT2D eigenvalue weighted by Crippen LogP contribution is 2.45. The van der Waals surface area contributed by atoms with Gasteiger partial charge in [-0.3, -0.25) is 37.3 Å². The zero-order chi connectivity index (χ0) is 74.6. The molecule has 0 aromatic carbocycles. The van der Waals surface area contributed by atoms with Gasteiger partial charge in [0.1, 0.15) is 19.3 Å². The van der Waals surface area contributed by atoms with Crippen LogP contribution in [-0.2, 0) is 65.4 Å². The first kappa shape index (κ1) is 99.1. The Morgan fingerprint density at radius 1 is 0.277 bits per heavy atom. The van der Waals surface area contributed by atoms with Gasteiger partial charge in [-0.15, -0.1) is 0 Å². The zero-order valence-corrected chi connectivity index (χ0v) is 68.3. The van der Waals surface area contributed by atoms with Crippen molar-refractivity contribution in [2.75, 3.05) is 39.6 Å². The standard InChI is InChI=1S/C82H160O17P2/c1-9-75(8)61-53-45-37-29-23-25-33-41-49-57-65-82(87)99-78(69-93-80(85)63-55-47-39-31-24-22-28-36-44-52-60-74(6)7)71-97-101(90,91)95-67-76(83)66-94-100(88,89)96-70-77(68-92-79(84)62-54-46-38-30-20-17-16-19-27-35-43-51-59-73(4)5)98-81(86)64-56-48-40-32-21-15-13-11-10-12-14-18-26-34-42-50-58-72(2)3/h72-78,83H,9-71H2,1-8H3,(H,88,89)(H,90,91)/t75?,76-,77-,78-/m1/s1. The molecule has 0 heterocycles. The summed E-state index contributed by atoms with van der Waals surface area (Å²) >= 11 is 0. The van der Waals surface area contributed by atoms with E-state index in [0.29, 0.717) is 25.7 Å². The highest BCUT2D eigenvalue weighted by atomic mass is 31.2. The number of phosphoric acid groups is 2. The van der Waals surface area contributed by atoms with E-state index in [2.05, 4.69) is 55.4 Å². The van der Waals surface area contributed by atoms with Crippen LogP contribution in [0.3, 0.4) is 0 Å². The first-order valence-electron chi connectivity index (χ1n) is 42.2. The number of hydrogen-bond acceptors (Lipinski definition) is 15. The molecule has 0 aromatic heterocycles. The van der Waals surface area contributed by atoms with Crippen LogP contribution in [0.4, 0.5) is 0 Å². The molecule has 0 aliphatic carbocycles. The molecule has 600 valence electrons. The van der Waals surface area contributed by atoms with E-state index in [1.54, 1.807) is 0 Å². The second-order valence-corrected chi connectivity index (χ2v) is 34.1. The van der Waals surface area contributed by atoms with Crippen LogP contribution in [0.2, 0.25) is 0 Å². The predicted molar refractivity (Wildman–Crippen MR) is 414 cm³/mol. The summed E-state index contributed by atoms with van der Waals surface area (Å²) in [4.78, 5) is 73.1. The molecule has 0 aromatic rings. The summed E-state index contributed by atoms with van der Waals surface area (Å²) in [5.74, 6) is 1.04. The van der Waals surface area contributed by atoms with Crippen molar-refractivity contribution < 1.29 is 80.2 Å². The largest absolute Gasteiger partial charge is 0.472 e. The molecule has 0 spiro atoms. The minimum absolute atomic E-state index is 0.106. The Morgan fingerprint density at radius 3 is 0.703 bits per heavy atom. The minimum atomic E-state index is -4.96. The number of aliphatic hydroxyl groups excluding tert-OH is 1. The van der Waals surface area contributed by atoms with Crippen molar-refractivity contribution in [1.29, 1.82) is 0 Å². The van der Waals surface area contributed by atoms with Crippen molar-refractivity contribution in [2.24, 2.45) is 23.7 Å². The molecule has 0 fully saturated rings. The summed E-state index contributed by atoms with van der Waals surface area (Å²) in [5.41, 5.74) is 0. The molecule has 0 saturated heterocycles. The number of unbranched alkanes of at least 4 members (excludes halogenated alkanes) is 44. The zero-order valence-electron chi connectivity index (χ0n) is 66.5. The van der Waals surface area contributed by atoms with Gasteiger partial charge in [-0.05, 0) is 49.4 Å². The van der Waals surface area contributed by atoms with Gasteiger partial charge >= 0.3 is 39.5 Å². The maximum Gasteiger partial charge on any atom is 0.472 e. The van der Waals surface area contributed by atoms with Crippen LogP contribution in [0.1, 0.15) is 421 Å². The molecule has 3 unspecified atom stereocenters. The smallest absolute Gasteiger partial charge is 0.462 e. The van der Waals surface area contributed by atoms with Crippen LogP contribution in [0.5, 0.6) is 0 Å². The van der Waals surface area contributed by atoms with Crippen LogP contribution in [0.15, 0.2) is 0 Å². The van der Waals surface area contributed by atoms with Gasteiger partial charge in [-0.1, -0.05) is 370 Å². The first-order valence-corrected chi connectivity index (χ1v) is 45.2. The monoisotopic (exact) mass is 1480 g/mol. The molecule has 0 radical (unpaired) electrons. The highest BCUT2D eigenvalue weighted by molar-refractivity contribution is 7.47. The van der Waals surface area contributed by atoms with E-state index in [1.807, 2.05) is 0 Å². The molecule has 0 amide bonds. The number of ether oxygens (including phenoxy) is 4. The lowest BCUT2D eigenvalue weighted by Crippen LogP contribution is -2.30. The van der Waals surface area contributed by atoms with Crippen molar-refractivity contribution in [3.63, 3.8) is 0 Å². The van der Waals surface area contributed by atoms with Crippen molar-refractivity contribution >= 4 is 39.5 Å². The van der Waals surface area contributed by atoms with E-state index < -0.39 is 97.5 Å². The van der Waals surface area contributed by atoms with Crippen LogP contribution in [-0.4, -0.2) is 96.7 Å². The molecule has 0 rings (SSSR count). The fourth-order valence-electron chi connectivity index (χ4n) is 12.6. The first-order chi connectivity index (χ1) is 48.6. The number of rotatable bonds is 79. The third-order valence-electron chi connectivity index (χ3n) is 19.4. The molecule has 0 aliphatic rings. The van der Waals surface area contributed by atoms with Gasteiger partial charge in [-0.25, -0.2) is 9.13 Å². The Morgan fingerprint density at radius 2 is 0.475 bits per heavy atom. The molecule has 0 saturated carbocycles. The maximum absolute atomic E-state index is 13.1. The fourth-order valence-corrected chi connectivity index (χ4v) is 14.2. The van der Waals surface area contributed by atoms with Gasteiger partial charge in [-0.2, -0.15) is 0 Å². The van der Waals surface area contributed by atoms with E-state index in [0.717, 1.165) is 114 Å². The van der Waals surface area contributed by atoms with Gasteiger partial charge in [0.2, 0.25) is 0 Å². The predicted octanol–water partition coefficient (Wildman–Crippen LogP) is 24.4. The number of carbonyl (C=O) groups is 4. The summed E-state index contributed by atoms with van der Waals surface area (Å²) < 4.78 is 68.8. The summed E-state index contributed by atoms with van der Waals surface area (Å²) in [6, 6.07) is 0. The lowest BCUT2D eigenvalue weighted by molar-refractivity contribution is -0.161. The number of phosphoric ester groups is 2. The van der Waals surface area contributed by atoms with E-state index in [1.165, 1.54) is 225 Å². The average molecular weight is 1480 g/mol. The van der Waals surface area contributed by atoms with Crippen molar-refractivity contribution in [2.45, 2.75) is 440 Å². The van der Waals surface area contributed by atoms with Crippen LogP contribution in [0.25, 0.3) is 0 Å². The van der Waals surface area contributed by atoms with Crippen LogP contribution >= 0.6 is 15.6 Å². The van der Waals surface area contributed by atoms with E-state index in [-0.39, 0.29) is 25.7 Å². The Bertz CT molecular complexity index is 1970. The van der Waals surface area contributed by atoms with Gasteiger partial charge in [0.25, 0.3) is 0 Å². The number of carbonyl (C=O) groups excluding carboxylic acids is 4. The number of aliphatic hydroxyl groups is 1. The van der Waals surface area contributed by atoms with E-state index >= 15 is 0 Å². The third-order valence-corrected chi connectivity index (χ3v) is 21.3. The second kappa shape index (κ2) is 71.0. The SMILES string of the molecule is CCC(C)CCCCCCCCCCCCC(=O)O[C@H](COC(=O)CCCCCCCCCCCCC(C)C)COP(=O)(O)OC[C@H](O)COP(=O)(O)OC[C@@H](COC(=O)CCCCCCCCCCCCCCC(C)C)OC(=O)CCCCCCCCCCCCCCCCCCC(C)C. The van der Waals surface area contributed by atoms with E-state index in [9.17, 15) is 43.2 Å². The van der Waals surface area contributed by atoms with Gasteiger partial charge < -0.3 is 33.8 Å². The number of hydrogen-bond donors (Lipinski definition) is 3. The lowest BCUT2D eigenvalue weighted by atomic mass is 9.99. The molecule has 0 bridgehead atoms. The quantitative estimate of drug-likeness (QED) is 0.0222. The molecule has 0 aliphatic heterocycles. The summed E-state index contributed by atoms with van der Waals surface area (Å²) in [6.45, 7) is 14.3. The average Bonchev–Trinajstić information content (AvgIpc) is 0.962. The molecule has 17 nitrogen and oxygen atoms in total. The third kappa shape index (κ3) is 74.7. The Labute approximate surface area is 619 Å². The van der Waals surface area contributed by atoms with Gasteiger partial charge in [0.05, 0.1) is 26.4 Å². The molecule has 101 heavy (non-hydrogen) atoms. The molecule has 3 N–H and O–H groups in total. The molecule has 19 heteroatoms. The van der Waals surface area contributed by atoms with Gasteiger partial charge in [0, 0.05) is 25.7 Å². The topological polar surface area (TPSA) is 237 Å². The number of esters is 4. The molecular formula is C82H160O17P2. The molecular weight excluding hydrogens is 1320 g/mol. The fraction of sp³-hybridized carbons (Fsp3) is 0.951. The van der Waals surface area contributed by atoms with E-state index in [4.69, 9.17) is 37.0 Å². The summed E-state index contributed by atoms with van der Waals surface area (Å²) in [7, 11) is -9.93. The van der Waals surface area contributed by atoms with Crippen molar-refractivity contribution in [3.8, 4) is 0 Å². The normalized spacial score (nSPS) is 14.3. The van der Waals surface area contributed by atoms with Crippen LogP contribution < -0.4 is 0 Å². The molecule has 6 atom stereocenters. The summed E-state index contributed by atoms with van der Waals surface area (Å²) in [6.07, 6.45) is 58.1. The van der Waals surface area contributed by atoms with Crippen LogP contribution in [0, 0.1) is 23.7 Å². The second-order valence-electron chi connectivity index (χ2n) is 31.2. The maximum atomic E-state index is 13.1. The Kier molecular flexibility index (Phi) is 69.6. The van der Waals surface area contributed by atoms with Crippen molar-refractivity contribution in [3.05, 3.63) is 0 Å². The minimum Gasteiger partial charge on any atom is -0.462 e. The van der Waals surface area contributed by atoms with Crippen molar-refractivity contribution in [1.82, 2.24) is 0 Å². The lowest BCUT2D eigenvalue weighted by Gasteiger charge is -2.21. The highest BCUT2D eigenvalue weighted by Gasteiger charge is 2.30. The Hall–Kier alpha value is -1.94. The van der Waals surface area contributed by atoms with Gasteiger partial charge in [0.15, 0.2) is 12.2 Å². The Balaban J connectivity index is 5.27.